The van der Waals surface area contributed by atoms with E-state index in [0.29, 0.717) is 0 Å². The van der Waals surface area contributed by atoms with Crippen LogP contribution < -0.4 is 10.1 Å². The van der Waals surface area contributed by atoms with Gasteiger partial charge in [-0.15, -0.1) is 0 Å². The van der Waals surface area contributed by atoms with Gasteiger partial charge in [0.2, 0.25) is 5.91 Å². The number of carbonyl (C=O) groups is 2. The van der Waals surface area contributed by atoms with E-state index in [9.17, 15) is 19.7 Å². The predicted molar refractivity (Wildman–Crippen MR) is 68.0 cm³/mol. The number of nitrogens with one attached hydrogen (secondary N) is 1. The lowest BCUT2D eigenvalue weighted by molar-refractivity contribution is -0.384. The van der Waals surface area contributed by atoms with Crippen molar-refractivity contribution in [3.8, 4) is 5.75 Å². The number of nitrogens with zero attached hydrogens (tertiary/aromatic N) is 1. The van der Waals surface area contributed by atoms with E-state index in [1.54, 1.807) is 6.92 Å². The molecule has 1 aromatic carbocycles. The third-order valence-corrected chi connectivity index (χ3v) is 2.14. The van der Waals surface area contributed by atoms with E-state index in [0.717, 1.165) is 0 Å². The van der Waals surface area contributed by atoms with Gasteiger partial charge in [0.25, 0.3) is 11.9 Å². The molecule has 1 amide bonds. The third-order valence-electron chi connectivity index (χ3n) is 2.14. The third kappa shape index (κ3) is 4.56. The first-order valence-corrected chi connectivity index (χ1v) is 5.79. The number of amides is 1. The highest BCUT2D eigenvalue weighted by Crippen LogP contribution is 2.18. The minimum atomic E-state index is -1.30. The molecule has 0 saturated heterocycles. The van der Waals surface area contributed by atoms with Gasteiger partial charge in [-0.05, 0) is 19.1 Å². The lowest BCUT2D eigenvalue weighted by Crippen LogP contribution is -2.45. The maximum atomic E-state index is 11.6. The van der Waals surface area contributed by atoms with E-state index in [4.69, 9.17) is 9.47 Å². The number of rotatable bonds is 6. The molecule has 0 radical (unpaired) electrons. The lowest BCUT2D eigenvalue weighted by Gasteiger charge is -2.17. The molecule has 1 atom stereocenters. The summed E-state index contributed by atoms with van der Waals surface area (Å²) in [5.74, 6) is -1.02. The highest BCUT2D eigenvalue weighted by molar-refractivity contribution is 5.82. The van der Waals surface area contributed by atoms with E-state index in [-0.39, 0.29) is 18.0 Å². The number of nitro benzene ring substituents is 1. The Hall–Kier alpha value is -2.64. The standard InChI is InChI=1S/C12H14N2O6/c1-3-19-12(16)11(13-8(2)15)20-10-6-4-9(5-7-10)14(17)18/h4-7,11H,3H2,1-2H3,(H,13,15). The van der Waals surface area contributed by atoms with Crippen molar-refractivity contribution in [2.24, 2.45) is 0 Å². The van der Waals surface area contributed by atoms with Crippen molar-refractivity contribution in [1.29, 1.82) is 0 Å². The van der Waals surface area contributed by atoms with Crippen LogP contribution in [0.2, 0.25) is 0 Å². The summed E-state index contributed by atoms with van der Waals surface area (Å²) in [6.45, 7) is 2.98. The van der Waals surface area contributed by atoms with Gasteiger partial charge in [0, 0.05) is 19.1 Å². The predicted octanol–water partition coefficient (Wildman–Crippen LogP) is 0.999. The summed E-state index contributed by atoms with van der Waals surface area (Å²) in [6, 6.07) is 5.11. The average molecular weight is 282 g/mol. The molecule has 0 saturated carbocycles. The quantitative estimate of drug-likeness (QED) is 0.361. The fraction of sp³-hybridized carbons (Fsp3) is 0.333. The highest BCUT2D eigenvalue weighted by Gasteiger charge is 2.22. The van der Waals surface area contributed by atoms with Gasteiger partial charge in [0.15, 0.2) is 0 Å². The number of hydrogen-bond donors (Lipinski definition) is 1. The number of esters is 1. The van der Waals surface area contributed by atoms with Crippen LogP contribution >= 0.6 is 0 Å². The molecular weight excluding hydrogens is 268 g/mol. The smallest absolute Gasteiger partial charge is 0.369 e. The maximum absolute atomic E-state index is 11.6. The summed E-state index contributed by atoms with van der Waals surface area (Å²) in [6.07, 6.45) is -1.30. The van der Waals surface area contributed by atoms with E-state index in [1.807, 2.05) is 0 Å². The monoisotopic (exact) mass is 282 g/mol. The van der Waals surface area contributed by atoms with E-state index < -0.39 is 23.0 Å². The molecule has 0 fully saturated rings. The summed E-state index contributed by atoms with van der Waals surface area (Å²) in [7, 11) is 0. The summed E-state index contributed by atoms with van der Waals surface area (Å²) < 4.78 is 10.00. The Morgan fingerprint density at radius 1 is 1.35 bits per heavy atom. The molecule has 0 bridgehead atoms. The molecular formula is C12H14N2O6. The molecule has 8 nitrogen and oxygen atoms in total. The van der Waals surface area contributed by atoms with Gasteiger partial charge in [0.05, 0.1) is 11.5 Å². The van der Waals surface area contributed by atoms with Crippen LogP contribution in [0, 0.1) is 10.1 Å². The zero-order valence-electron chi connectivity index (χ0n) is 11.0. The molecule has 1 unspecified atom stereocenters. The van der Waals surface area contributed by atoms with Crippen molar-refractivity contribution in [1.82, 2.24) is 5.32 Å². The second-order valence-corrected chi connectivity index (χ2v) is 3.70. The largest absolute Gasteiger partial charge is 0.462 e. The number of benzene rings is 1. The molecule has 0 aliphatic carbocycles. The Bertz CT molecular complexity index is 499. The molecule has 108 valence electrons. The van der Waals surface area contributed by atoms with Crippen LogP contribution in [-0.4, -0.2) is 29.6 Å². The van der Waals surface area contributed by atoms with Gasteiger partial charge in [-0.2, -0.15) is 0 Å². The molecule has 1 aromatic rings. The maximum Gasteiger partial charge on any atom is 0.369 e. The number of nitro groups is 1. The van der Waals surface area contributed by atoms with Crippen molar-refractivity contribution in [3.05, 3.63) is 34.4 Å². The van der Waals surface area contributed by atoms with Gasteiger partial charge in [-0.25, -0.2) is 4.79 Å². The first-order chi connectivity index (χ1) is 9.43. The molecule has 20 heavy (non-hydrogen) atoms. The van der Waals surface area contributed by atoms with Crippen LogP contribution in [0.4, 0.5) is 5.69 Å². The summed E-state index contributed by atoms with van der Waals surface area (Å²) in [5.41, 5.74) is -0.107. The van der Waals surface area contributed by atoms with E-state index >= 15 is 0 Å². The zero-order valence-corrected chi connectivity index (χ0v) is 11.0. The van der Waals surface area contributed by atoms with Crippen LogP contribution in [0.15, 0.2) is 24.3 Å². The fourth-order valence-electron chi connectivity index (χ4n) is 1.32. The van der Waals surface area contributed by atoms with Crippen LogP contribution in [0.25, 0.3) is 0 Å². The molecule has 0 aliphatic heterocycles. The summed E-state index contributed by atoms with van der Waals surface area (Å²) in [5, 5.41) is 12.8. The van der Waals surface area contributed by atoms with Gasteiger partial charge >= 0.3 is 5.97 Å². The van der Waals surface area contributed by atoms with Gasteiger partial charge in [-0.1, -0.05) is 0 Å². The summed E-state index contributed by atoms with van der Waals surface area (Å²) in [4.78, 5) is 32.5. The van der Waals surface area contributed by atoms with Crippen LogP contribution in [0.1, 0.15) is 13.8 Å². The molecule has 0 aromatic heterocycles. The Morgan fingerprint density at radius 2 is 1.95 bits per heavy atom. The Morgan fingerprint density at radius 3 is 2.40 bits per heavy atom. The minimum absolute atomic E-state index is 0.107. The average Bonchev–Trinajstić information content (AvgIpc) is 2.38. The molecule has 0 spiro atoms. The highest BCUT2D eigenvalue weighted by atomic mass is 16.6. The molecule has 1 rings (SSSR count). The minimum Gasteiger partial charge on any atom is -0.462 e. The Balaban J connectivity index is 2.80. The Kier molecular flexibility index (Phi) is 5.45. The number of non-ortho nitro benzene ring substituents is 1. The molecule has 0 heterocycles. The lowest BCUT2D eigenvalue weighted by atomic mass is 10.3. The van der Waals surface area contributed by atoms with E-state index in [2.05, 4.69) is 5.32 Å². The van der Waals surface area contributed by atoms with Gasteiger partial charge in [-0.3, -0.25) is 14.9 Å². The van der Waals surface area contributed by atoms with Crippen molar-refractivity contribution >= 4 is 17.6 Å². The topological polar surface area (TPSA) is 108 Å². The second kappa shape index (κ2) is 7.07. The normalized spacial score (nSPS) is 11.3. The van der Waals surface area contributed by atoms with Crippen LogP contribution in [0.3, 0.4) is 0 Å². The number of carbonyl (C=O) groups excluding carboxylic acids is 2. The molecule has 1 N–H and O–H groups in total. The number of hydrogen-bond acceptors (Lipinski definition) is 6. The number of ether oxygens (including phenoxy) is 2. The first kappa shape index (κ1) is 15.4. The van der Waals surface area contributed by atoms with E-state index in [1.165, 1.54) is 31.2 Å². The second-order valence-electron chi connectivity index (χ2n) is 3.70. The molecule has 0 aliphatic rings. The van der Waals surface area contributed by atoms with Crippen molar-refractivity contribution < 1.29 is 24.0 Å². The van der Waals surface area contributed by atoms with Crippen LogP contribution in [-0.2, 0) is 14.3 Å². The zero-order chi connectivity index (χ0) is 15.1. The summed E-state index contributed by atoms with van der Waals surface area (Å²) >= 11 is 0. The van der Waals surface area contributed by atoms with Gasteiger partial charge in [0.1, 0.15) is 5.75 Å². The van der Waals surface area contributed by atoms with Crippen LogP contribution in [0.5, 0.6) is 5.75 Å². The van der Waals surface area contributed by atoms with Crippen molar-refractivity contribution in [2.75, 3.05) is 6.61 Å². The Labute approximate surface area is 114 Å². The SMILES string of the molecule is CCOC(=O)C(NC(C)=O)Oc1ccc([N+](=O)[O-])cc1. The molecule has 8 heteroatoms. The van der Waals surface area contributed by atoms with Gasteiger partial charge < -0.3 is 14.8 Å². The van der Waals surface area contributed by atoms with Crippen molar-refractivity contribution in [3.63, 3.8) is 0 Å². The van der Waals surface area contributed by atoms with Crippen molar-refractivity contribution in [2.45, 2.75) is 20.1 Å². The fourth-order valence-corrected chi connectivity index (χ4v) is 1.32. The first-order valence-electron chi connectivity index (χ1n) is 5.79.